The predicted molar refractivity (Wildman–Crippen MR) is 81.5 cm³/mol. The quantitative estimate of drug-likeness (QED) is 0.813. The van der Waals surface area contributed by atoms with Crippen LogP contribution in [-0.2, 0) is 4.74 Å². The van der Waals surface area contributed by atoms with Crippen LogP contribution in [0.15, 0.2) is 18.2 Å². The van der Waals surface area contributed by atoms with Crippen LogP contribution in [0, 0.1) is 6.92 Å². The molecule has 0 radical (unpaired) electrons. The van der Waals surface area contributed by atoms with Gasteiger partial charge in [0.25, 0.3) is 0 Å². The molecular weight excluding hydrogens is 236 g/mol. The summed E-state index contributed by atoms with van der Waals surface area (Å²) in [6.07, 6.45) is 4.30. The van der Waals surface area contributed by atoms with Gasteiger partial charge in [-0.3, -0.25) is 0 Å². The Balaban J connectivity index is 2.04. The van der Waals surface area contributed by atoms with Crippen molar-refractivity contribution in [1.29, 1.82) is 0 Å². The molecule has 106 valence electrons. The monoisotopic (exact) mass is 262 g/mol. The van der Waals surface area contributed by atoms with Crippen molar-refractivity contribution in [3.63, 3.8) is 0 Å². The van der Waals surface area contributed by atoms with E-state index in [4.69, 9.17) is 10.5 Å². The Kier molecular flexibility index (Phi) is 4.35. The number of rotatable bonds is 4. The van der Waals surface area contributed by atoms with Gasteiger partial charge in [0, 0.05) is 24.0 Å². The molecule has 2 rings (SSSR count). The molecule has 1 heterocycles. The first kappa shape index (κ1) is 14.2. The second-order valence-electron chi connectivity index (χ2n) is 5.64. The summed E-state index contributed by atoms with van der Waals surface area (Å²) in [7, 11) is 0. The van der Waals surface area contributed by atoms with E-state index in [2.05, 4.69) is 31.3 Å². The largest absolute Gasteiger partial charge is 0.398 e. The molecule has 1 atom stereocenters. The third-order valence-electron chi connectivity index (χ3n) is 4.43. The lowest BCUT2D eigenvalue weighted by Gasteiger charge is -2.40. The van der Waals surface area contributed by atoms with Crippen molar-refractivity contribution in [2.75, 3.05) is 17.7 Å². The van der Waals surface area contributed by atoms with Crippen LogP contribution in [0.2, 0.25) is 0 Å². The summed E-state index contributed by atoms with van der Waals surface area (Å²) in [5.41, 5.74) is 9.14. The fourth-order valence-corrected chi connectivity index (χ4v) is 2.86. The number of ether oxygens (including phenoxy) is 1. The molecule has 0 amide bonds. The van der Waals surface area contributed by atoms with Crippen molar-refractivity contribution in [3.05, 3.63) is 23.8 Å². The van der Waals surface area contributed by atoms with Gasteiger partial charge in [0.2, 0.25) is 0 Å². The van der Waals surface area contributed by atoms with E-state index >= 15 is 0 Å². The summed E-state index contributed by atoms with van der Waals surface area (Å²) in [5, 5.41) is 3.61. The van der Waals surface area contributed by atoms with Crippen LogP contribution in [0.1, 0.15) is 45.1 Å². The van der Waals surface area contributed by atoms with Crippen molar-refractivity contribution in [1.82, 2.24) is 0 Å². The highest BCUT2D eigenvalue weighted by molar-refractivity contribution is 5.58. The first-order valence-corrected chi connectivity index (χ1v) is 7.35. The molecule has 0 aliphatic carbocycles. The summed E-state index contributed by atoms with van der Waals surface area (Å²) in [4.78, 5) is 0. The van der Waals surface area contributed by atoms with Crippen LogP contribution in [0.5, 0.6) is 0 Å². The van der Waals surface area contributed by atoms with Crippen molar-refractivity contribution < 1.29 is 4.74 Å². The van der Waals surface area contributed by atoms with E-state index in [0.717, 1.165) is 49.2 Å². The van der Waals surface area contributed by atoms with E-state index in [1.807, 2.05) is 13.0 Å². The van der Waals surface area contributed by atoms with Gasteiger partial charge in [0.1, 0.15) is 0 Å². The zero-order chi connectivity index (χ0) is 13.9. The van der Waals surface area contributed by atoms with Crippen LogP contribution >= 0.6 is 0 Å². The van der Waals surface area contributed by atoms with Gasteiger partial charge in [-0.2, -0.15) is 0 Å². The van der Waals surface area contributed by atoms with E-state index in [1.54, 1.807) is 0 Å². The van der Waals surface area contributed by atoms with Gasteiger partial charge in [0.05, 0.1) is 5.60 Å². The van der Waals surface area contributed by atoms with Crippen molar-refractivity contribution in [2.45, 2.75) is 58.1 Å². The molecule has 19 heavy (non-hydrogen) atoms. The van der Waals surface area contributed by atoms with Gasteiger partial charge in [-0.15, -0.1) is 0 Å². The Morgan fingerprint density at radius 1 is 1.37 bits per heavy atom. The molecule has 3 nitrogen and oxygen atoms in total. The molecule has 1 fully saturated rings. The number of nitrogen functional groups attached to an aromatic ring is 1. The van der Waals surface area contributed by atoms with Crippen LogP contribution in [0.3, 0.4) is 0 Å². The maximum Gasteiger partial charge on any atom is 0.0696 e. The van der Waals surface area contributed by atoms with E-state index in [9.17, 15) is 0 Å². The minimum Gasteiger partial charge on any atom is -0.398 e. The topological polar surface area (TPSA) is 47.3 Å². The Labute approximate surface area is 116 Å². The molecule has 0 spiro atoms. The fourth-order valence-electron chi connectivity index (χ4n) is 2.86. The van der Waals surface area contributed by atoms with Gasteiger partial charge in [-0.25, -0.2) is 0 Å². The highest BCUT2D eigenvalue weighted by atomic mass is 16.5. The zero-order valence-corrected chi connectivity index (χ0v) is 12.3. The molecule has 1 aromatic rings. The van der Waals surface area contributed by atoms with Crippen LogP contribution in [0.4, 0.5) is 11.4 Å². The van der Waals surface area contributed by atoms with Crippen molar-refractivity contribution in [3.8, 4) is 0 Å². The molecule has 0 aromatic heterocycles. The third kappa shape index (κ3) is 3.21. The standard InChI is InChI=1S/C16H26N2O/c1-4-16(5-2)11-14(8-9-19-16)18-13-7-6-12(3)15(17)10-13/h6-7,10,14,18H,4-5,8-9,11,17H2,1-3H3. The molecule has 0 bridgehead atoms. The Hall–Kier alpha value is -1.22. The maximum atomic E-state index is 6.01. The highest BCUT2D eigenvalue weighted by Gasteiger charge is 2.34. The molecule has 1 saturated heterocycles. The summed E-state index contributed by atoms with van der Waals surface area (Å²) in [5.74, 6) is 0. The molecule has 0 saturated carbocycles. The molecule has 1 aliphatic rings. The molecule has 3 N–H and O–H groups in total. The lowest BCUT2D eigenvalue weighted by atomic mass is 9.86. The molecule has 1 aliphatic heterocycles. The fraction of sp³-hybridized carbons (Fsp3) is 0.625. The van der Waals surface area contributed by atoms with E-state index in [-0.39, 0.29) is 5.60 Å². The van der Waals surface area contributed by atoms with Crippen molar-refractivity contribution in [2.24, 2.45) is 0 Å². The van der Waals surface area contributed by atoms with E-state index < -0.39 is 0 Å². The number of nitrogens with two attached hydrogens (primary N) is 1. The molecular formula is C16H26N2O. The first-order chi connectivity index (χ1) is 9.08. The smallest absolute Gasteiger partial charge is 0.0696 e. The minimum absolute atomic E-state index is 0.0617. The predicted octanol–water partition coefficient (Wildman–Crippen LogP) is 3.73. The SMILES string of the molecule is CCC1(CC)CC(Nc2ccc(C)c(N)c2)CCO1. The average molecular weight is 262 g/mol. The number of anilines is 2. The second kappa shape index (κ2) is 5.83. The number of benzene rings is 1. The van der Waals surface area contributed by atoms with Crippen LogP contribution < -0.4 is 11.1 Å². The zero-order valence-electron chi connectivity index (χ0n) is 12.3. The van der Waals surface area contributed by atoms with Gasteiger partial charge in [-0.1, -0.05) is 19.9 Å². The molecule has 1 aromatic carbocycles. The van der Waals surface area contributed by atoms with E-state index in [0.29, 0.717) is 6.04 Å². The van der Waals surface area contributed by atoms with Crippen LogP contribution in [0.25, 0.3) is 0 Å². The third-order valence-corrected chi connectivity index (χ3v) is 4.43. The highest BCUT2D eigenvalue weighted by Crippen LogP contribution is 2.33. The summed E-state index contributed by atoms with van der Waals surface area (Å²) >= 11 is 0. The van der Waals surface area contributed by atoms with Crippen LogP contribution in [-0.4, -0.2) is 18.2 Å². The van der Waals surface area contributed by atoms with E-state index in [1.165, 1.54) is 0 Å². The Morgan fingerprint density at radius 2 is 2.11 bits per heavy atom. The number of aryl methyl sites for hydroxylation is 1. The lowest BCUT2D eigenvalue weighted by Crippen LogP contribution is -2.43. The van der Waals surface area contributed by atoms with Crippen molar-refractivity contribution >= 4 is 11.4 Å². The number of nitrogens with one attached hydrogen (secondary N) is 1. The van der Waals surface area contributed by atoms with Gasteiger partial charge < -0.3 is 15.8 Å². The van der Waals surface area contributed by atoms with Gasteiger partial charge >= 0.3 is 0 Å². The molecule has 3 heteroatoms. The Morgan fingerprint density at radius 3 is 2.74 bits per heavy atom. The number of hydrogen-bond acceptors (Lipinski definition) is 3. The lowest BCUT2D eigenvalue weighted by molar-refractivity contribution is -0.0864. The van der Waals surface area contributed by atoms with Gasteiger partial charge in [0.15, 0.2) is 0 Å². The minimum atomic E-state index is 0.0617. The summed E-state index contributed by atoms with van der Waals surface area (Å²) in [6, 6.07) is 6.70. The number of hydrogen-bond donors (Lipinski definition) is 2. The average Bonchev–Trinajstić information content (AvgIpc) is 2.43. The Bertz CT molecular complexity index is 427. The summed E-state index contributed by atoms with van der Waals surface area (Å²) in [6.45, 7) is 7.32. The summed E-state index contributed by atoms with van der Waals surface area (Å²) < 4.78 is 6.01. The molecule has 1 unspecified atom stereocenters. The second-order valence-corrected chi connectivity index (χ2v) is 5.64. The normalized spacial score (nSPS) is 22.2. The maximum absolute atomic E-state index is 6.01. The van der Waals surface area contributed by atoms with Gasteiger partial charge in [-0.05, 0) is 50.3 Å². The first-order valence-electron chi connectivity index (χ1n) is 7.35.